The van der Waals surface area contributed by atoms with Crippen LogP contribution in [0.1, 0.15) is 40.2 Å². The minimum atomic E-state index is -0.630. The van der Waals surface area contributed by atoms with Crippen LogP contribution in [-0.4, -0.2) is 17.7 Å². The Morgan fingerprint density at radius 3 is 2.16 bits per heavy atom. The lowest BCUT2D eigenvalue weighted by molar-refractivity contribution is -0.162. The fourth-order valence-corrected chi connectivity index (χ4v) is 1.46. The van der Waals surface area contributed by atoms with Crippen LogP contribution in [0.3, 0.4) is 0 Å². The summed E-state index contributed by atoms with van der Waals surface area (Å²) >= 11 is 0. The van der Waals surface area contributed by atoms with Crippen LogP contribution in [0.25, 0.3) is 5.57 Å². The summed E-state index contributed by atoms with van der Waals surface area (Å²) < 4.78 is 10.8. The fraction of sp³-hybridized carbons (Fsp3) is 0.438. The zero-order chi connectivity index (χ0) is 14.6. The van der Waals surface area contributed by atoms with Gasteiger partial charge in [0, 0.05) is 0 Å². The van der Waals surface area contributed by atoms with E-state index in [2.05, 4.69) is 6.58 Å². The number of carbonyl (C=O) groups excluding carboxylic acids is 1. The SMILES string of the molecule is C=C(C)c1ccc(OC(C)C(=O)OC(C)(C)C)cc1. The quantitative estimate of drug-likeness (QED) is 0.774. The molecule has 19 heavy (non-hydrogen) atoms. The third-order valence-corrected chi connectivity index (χ3v) is 2.40. The highest BCUT2D eigenvalue weighted by Crippen LogP contribution is 2.19. The molecule has 0 saturated carbocycles. The number of ether oxygens (including phenoxy) is 2. The first-order valence-electron chi connectivity index (χ1n) is 6.34. The van der Waals surface area contributed by atoms with Crippen molar-refractivity contribution in [2.75, 3.05) is 0 Å². The molecule has 0 aliphatic carbocycles. The fourth-order valence-electron chi connectivity index (χ4n) is 1.46. The first kappa shape index (κ1) is 15.3. The molecular formula is C16H22O3. The number of hydrogen-bond donors (Lipinski definition) is 0. The predicted molar refractivity (Wildman–Crippen MR) is 77.1 cm³/mol. The van der Waals surface area contributed by atoms with Gasteiger partial charge in [0.1, 0.15) is 11.4 Å². The molecule has 1 atom stereocenters. The maximum absolute atomic E-state index is 11.8. The van der Waals surface area contributed by atoms with Gasteiger partial charge in [-0.25, -0.2) is 4.79 Å². The van der Waals surface area contributed by atoms with Gasteiger partial charge in [0.2, 0.25) is 0 Å². The number of allylic oxidation sites excluding steroid dienone is 1. The zero-order valence-electron chi connectivity index (χ0n) is 12.3. The molecule has 1 unspecified atom stereocenters. The summed E-state index contributed by atoms with van der Waals surface area (Å²) in [5, 5.41) is 0. The first-order chi connectivity index (χ1) is 8.69. The van der Waals surface area contributed by atoms with E-state index in [1.807, 2.05) is 52.0 Å². The number of esters is 1. The summed E-state index contributed by atoms with van der Waals surface area (Å²) in [6.45, 7) is 13.0. The molecule has 0 aliphatic heterocycles. The second-order valence-electron chi connectivity index (χ2n) is 5.60. The van der Waals surface area contributed by atoms with E-state index in [1.165, 1.54) is 0 Å². The minimum Gasteiger partial charge on any atom is -0.479 e. The Labute approximate surface area is 115 Å². The number of rotatable bonds is 4. The molecule has 1 rings (SSSR count). The summed E-state index contributed by atoms with van der Waals surface area (Å²) in [6, 6.07) is 7.48. The molecule has 0 fully saturated rings. The van der Waals surface area contributed by atoms with Crippen molar-refractivity contribution in [1.29, 1.82) is 0 Å². The maximum atomic E-state index is 11.8. The van der Waals surface area contributed by atoms with Crippen molar-refractivity contribution < 1.29 is 14.3 Å². The van der Waals surface area contributed by atoms with Gasteiger partial charge in [-0.1, -0.05) is 24.3 Å². The third kappa shape index (κ3) is 5.16. The number of carbonyl (C=O) groups is 1. The van der Waals surface area contributed by atoms with Gasteiger partial charge in [-0.3, -0.25) is 0 Å². The Morgan fingerprint density at radius 2 is 1.74 bits per heavy atom. The first-order valence-corrected chi connectivity index (χ1v) is 6.34. The van der Waals surface area contributed by atoms with Crippen molar-refractivity contribution in [2.45, 2.75) is 46.3 Å². The van der Waals surface area contributed by atoms with E-state index in [-0.39, 0.29) is 5.97 Å². The highest BCUT2D eigenvalue weighted by atomic mass is 16.6. The van der Waals surface area contributed by atoms with Gasteiger partial charge in [0.15, 0.2) is 6.10 Å². The number of hydrogen-bond acceptors (Lipinski definition) is 3. The van der Waals surface area contributed by atoms with Crippen molar-refractivity contribution in [1.82, 2.24) is 0 Å². The standard InChI is InChI=1S/C16H22O3/c1-11(2)13-7-9-14(10-8-13)18-12(3)15(17)19-16(4,5)6/h7-10,12H,1H2,2-6H3. The van der Waals surface area contributed by atoms with Crippen LogP contribution in [0, 0.1) is 0 Å². The largest absolute Gasteiger partial charge is 0.479 e. The smallest absolute Gasteiger partial charge is 0.347 e. The molecule has 0 amide bonds. The maximum Gasteiger partial charge on any atom is 0.347 e. The Balaban J connectivity index is 2.64. The molecule has 0 N–H and O–H groups in total. The summed E-state index contributed by atoms with van der Waals surface area (Å²) in [4.78, 5) is 11.8. The molecule has 0 spiro atoms. The molecular weight excluding hydrogens is 240 g/mol. The Hall–Kier alpha value is -1.77. The van der Waals surface area contributed by atoms with Gasteiger partial charge in [-0.2, -0.15) is 0 Å². The summed E-state index contributed by atoms with van der Waals surface area (Å²) in [5.41, 5.74) is 1.54. The topological polar surface area (TPSA) is 35.5 Å². The summed E-state index contributed by atoms with van der Waals surface area (Å²) in [6.07, 6.45) is -0.630. The predicted octanol–water partition coefficient (Wildman–Crippen LogP) is 3.83. The minimum absolute atomic E-state index is 0.364. The normalized spacial score (nSPS) is 12.7. The average Bonchev–Trinajstić information content (AvgIpc) is 2.27. The monoisotopic (exact) mass is 262 g/mol. The van der Waals surface area contributed by atoms with E-state index in [1.54, 1.807) is 6.92 Å². The van der Waals surface area contributed by atoms with Gasteiger partial charge in [-0.05, 0) is 52.3 Å². The molecule has 3 nitrogen and oxygen atoms in total. The van der Waals surface area contributed by atoms with Crippen molar-refractivity contribution in [2.24, 2.45) is 0 Å². The van der Waals surface area contributed by atoms with E-state index in [9.17, 15) is 4.79 Å². The molecule has 1 aromatic carbocycles. The van der Waals surface area contributed by atoms with Gasteiger partial charge < -0.3 is 9.47 Å². The Kier molecular flexibility index (Phi) is 4.76. The van der Waals surface area contributed by atoms with E-state index in [0.29, 0.717) is 5.75 Å². The van der Waals surface area contributed by atoms with Gasteiger partial charge in [0.05, 0.1) is 0 Å². The van der Waals surface area contributed by atoms with Crippen LogP contribution >= 0.6 is 0 Å². The molecule has 1 aromatic rings. The second kappa shape index (κ2) is 5.91. The van der Waals surface area contributed by atoms with Crippen LogP contribution in [0.4, 0.5) is 0 Å². The van der Waals surface area contributed by atoms with Crippen molar-refractivity contribution in [3.63, 3.8) is 0 Å². The summed E-state index contributed by atoms with van der Waals surface area (Å²) in [5.74, 6) is 0.278. The average molecular weight is 262 g/mol. The van der Waals surface area contributed by atoms with E-state index >= 15 is 0 Å². The zero-order valence-corrected chi connectivity index (χ0v) is 12.3. The molecule has 0 aromatic heterocycles. The molecule has 0 heterocycles. The Morgan fingerprint density at radius 1 is 1.21 bits per heavy atom. The van der Waals surface area contributed by atoms with Crippen LogP contribution in [-0.2, 0) is 9.53 Å². The second-order valence-corrected chi connectivity index (χ2v) is 5.60. The highest BCUT2D eigenvalue weighted by molar-refractivity contribution is 5.75. The number of benzene rings is 1. The van der Waals surface area contributed by atoms with Crippen LogP contribution in [0.15, 0.2) is 30.8 Å². The molecule has 0 radical (unpaired) electrons. The lowest BCUT2D eigenvalue weighted by Gasteiger charge is -2.22. The third-order valence-electron chi connectivity index (χ3n) is 2.40. The lowest BCUT2D eigenvalue weighted by Crippen LogP contribution is -2.33. The molecule has 3 heteroatoms. The Bertz CT molecular complexity index is 452. The molecule has 104 valence electrons. The van der Waals surface area contributed by atoms with E-state index < -0.39 is 11.7 Å². The lowest BCUT2D eigenvalue weighted by atomic mass is 10.1. The highest BCUT2D eigenvalue weighted by Gasteiger charge is 2.22. The van der Waals surface area contributed by atoms with Crippen LogP contribution < -0.4 is 4.74 Å². The van der Waals surface area contributed by atoms with Crippen LogP contribution in [0.2, 0.25) is 0 Å². The molecule has 0 bridgehead atoms. The summed E-state index contributed by atoms with van der Waals surface area (Å²) in [7, 11) is 0. The van der Waals surface area contributed by atoms with E-state index in [4.69, 9.17) is 9.47 Å². The van der Waals surface area contributed by atoms with Crippen molar-refractivity contribution >= 4 is 11.5 Å². The molecule has 0 saturated heterocycles. The van der Waals surface area contributed by atoms with Gasteiger partial charge in [-0.15, -0.1) is 0 Å². The van der Waals surface area contributed by atoms with Crippen molar-refractivity contribution in [3.8, 4) is 5.75 Å². The molecule has 0 aliphatic rings. The van der Waals surface area contributed by atoms with Gasteiger partial charge in [0.25, 0.3) is 0 Å². The van der Waals surface area contributed by atoms with E-state index in [0.717, 1.165) is 11.1 Å². The van der Waals surface area contributed by atoms with Crippen molar-refractivity contribution in [3.05, 3.63) is 36.4 Å². The van der Waals surface area contributed by atoms with Crippen LogP contribution in [0.5, 0.6) is 5.75 Å². The van der Waals surface area contributed by atoms with Gasteiger partial charge >= 0.3 is 5.97 Å².